The van der Waals surface area contributed by atoms with Gasteiger partial charge >= 0.3 is 0 Å². The minimum absolute atomic E-state index is 0.139. The van der Waals surface area contributed by atoms with Crippen molar-refractivity contribution >= 4 is 0 Å². The first-order chi connectivity index (χ1) is 9.05. The van der Waals surface area contributed by atoms with Crippen molar-refractivity contribution in [2.45, 2.75) is 31.3 Å². The van der Waals surface area contributed by atoms with Gasteiger partial charge in [-0.05, 0) is 46.4 Å². The summed E-state index contributed by atoms with van der Waals surface area (Å²) in [6, 6.07) is 0. The van der Waals surface area contributed by atoms with Crippen LogP contribution in [0.25, 0.3) is 0 Å². The zero-order chi connectivity index (χ0) is 13.9. The molecular formula is C14H27N5. The molecule has 1 saturated heterocycles. The lowest BCUT2D eigenvalue weighted by Gasteiger charge is -2.40. The van der Waals surface area contributed by atoms with Crippen molar-refractivity contribution in [2.75, 3.05) is 33.7 Å². The van der Waals surface area contributed by atoms with Crippen LogP contribution >= 0.6 is 0 Å². The van der Waals surface area contributed by atoms with E-state index in [0.29, 0.717) is 0 Å². The summed E-state index contributed by atoms with van der Waals surface area (Å²) in [5, 5.41) is 4.24. The molecule has 0 amide bonds. The maximum atomic E-state index is 6.13. The van der Waals surface area contributed by atoms with E-state index in [-0.39, 0.29) is 5.54 Å². The monoisotopic (exact) mass is 265 g/mol. The summed E-state index contributed by atoms with van der Waals surface area (Å²) in [5.74, 6) is 0. The van der Waals surface area contributed by atoms with Crippen LogP contribution in [-0.4, -0.2) is 58.8 Å². The van der Waals surface area contributed by atoms with Crippen LogP contribution in [0.1, 0.15) is 24.8 Å². The van der Waals surface area contributed by atoms with Crippen LogP contribution in [0.4, 0.5) is 0 Å². The zero-order valence-electron chi connectivity index (χ0n) is 12.5. The number of aryl methyl sites for hydroxylation is 1. The summed E-state index contributed by atoms with van der Waals surface area (Å²) >= 11 is 0. The fourth-order valence-electron chi connectivity index (χ4n) is 3.05. The smallest absolute Gasteiger partial charge is 0.0534 e. The van der Waals surface area contributed by atoms with E-state index in [4.69, 9.17) is 5.73 Å². The average Bonchev–Trinajstić information content (AvgIpc) is 2.68. The number of likely N-dealkylation sites (tertiary alicyclic amines) is 1. The third-order valence-corrected chi connectivity index (χ3v) is 4.51. The Balaban J connectivity index is 2.06. The molecular weight excluding hydrogens is 238 g/mol. The molecule has 5 heteroatoms. The van der Waals surface area contributed by atoms with Gasteiger partial charge in [-0.15, -0.1) is 0 Å². The molecule has 1 aliphatic heterocycles. The molecule has 108 valence electrons. The minimum Gasteiger partial charge on any atom is -0.329 e. The van der Waals surface area contributed by atoms with Gasteiger partial charge in [-0.1, -0.05) is 0 Å². The fourth-order valence-corrected chi connectivity index (χ4v) is 3.05. The number of likely N-dealkylation sites (N-methyl/N-ethyl adjacent to an activating group) is 1. The average molecular weight is 265 g/mol. The van der Waals surface area contributed by atoms with E-state index in [1.807, 2.05) is 17.9 Å². The highest BCUT2D eigenvalue weighted by atomic mass is 15.3. The summed E-state index contributed by atoms with van der Waals surface area (Å²) < 4.78 is 1.86. The number of hydrogen-bond acceptors (Lipinski definition) is 4. The van der Waals surface area contributed by atoms with Gasteiger partial charge in [0.25, 0.3) is 0 Å². The highest BCUT2D eigenvalue weighted by molar-refractivity contribution is 5.05. The van der Waals surface area contributed by atoms with Crippen molar-refractivity contribution in [1.29, 1.82) is 0 Å². The van der Waals surface area contributed by atoms with Gasteiger partial charge in [-0.25, -0.2) is 0 Å². The second kappa shape index (κ2) is 6.03. The van der Waals surface area contributed by atoms with Gasteiger partial charge < -0.3 is 10.6 Å². The lowest BCUT2D eigenvalue weighted by Crippen LogP contribution is -2.52. The molecule has 2 N–H and O–H groups in total. The van der Waals surface area contributed by atoms with Crippen molar-refractivity contribution in [3.05, 3.63) is 18.0 Å². The highest BCUT2D eigenvalue weighted by Gasteiger charge is 2.34. The molecule has 0 aliphatic carbocycles. The number of nitrogens with two attached hydrogens (primary N) is 1. The normalized spacial score (nSPS) is 25.7. The lowest BCUT2D eigenvalue weighted by molar-refractivity contribution is 0.100. The number of nitrogens with zero attached hydrogens (tertiary/aromatic N) is 4. The summed E-state index contributed by atoms with van der Waals surface area (Å²) in [6.07, 6.45) is 7.60. The molecule has 1 unspecified atom stereocenters. The van der Waals surface area contributed by atoms with Crippen LogP contribution in [0.3, 0.4) is 0 Å². The molecule has 1 atom stereocenters. The van der Waals surface area contributed by atoms with Crippen molar-refractivity contribution < 1.29 is 0 Å². The fraction of sp³-hybridized carbons (Fsp3) is 0.786. The van der Waals surface area contributed by atoms with E-state index < -0.39 is 0 Å². The molecule has 1 aliphatic rings. The molecule has 1 fully saturated rings. The molecule has 2 heterocycles. The Bertz CT molecular complexity index is 402. The maximum Gasteiger partial charge on any atom is 0.0534 e. The van der Waals surface area contributed by atoms with E-state index in [2.05, 4.69) is 35.2 Å². The first-order valence-electron chi connectivity index (χ1n) is 7.13. The standard InChI is InChI=1S/C14H27N5/c1-17-7-4-5-14(12-15,6-8-17)18(2)10-13-9-16-19(3)11-13/h9,11H,4-8,10,12,15H2,1-3H3. The lowest BCUT2D eigenvalue weighted by atomic mass is 9.88. The molecule has 1 aromatic rings. The van der Waals surface area contributed by atoms with Gasteiger partial charge in [-0.3, -0.25) is 9.58 Å². The minimum atomic E-state index is 0.139. The van der Waals surface area contributed by atoms with E-state index in [0.717, 1.165) is 26.1 Å². The Labute approximate surface area is 116 Å². The van der Waals surface area contributed by atoms with Gasteiger partial charge in [0, 0.05) is 37.4 Å². The van der Waals surface area contributed by atoms with Crippen molar-refractivity contribution in [1.82, 2.24) is 19.6 Å². The van der Waals surface area contributed by atoms with Crippen LogP contribution in [0, 0.1) is 0 Å². The predicted molar refractivity (Wildman–Crippen MR) is 77.8 cm³/mol. The molecule has 0 saturated carbocycles. The Morgan fingerprint density at radius 1 is 1.37 bits per heavy atom. The first kappa shape index (κ1) is 14.5. The van der Waals surface area contributed by atoms with Gasteiger partial charge in [0.2, 0.25) is 0 Å². The quantitative estimate of drug-likeness (QED) is 0.869. The summed E-state index contributed by atoms with van der Waals surface area (Å²) in [6.45, 7) is 3.98. The van der Waals surface area contributed by atoms with Gasteiger partial charge in [0.1, 0.15) is 0 Å². The van der Waals surface area contributed by atoms with Gasteiger partial charge in [-0.2, -0.15) is 5.10 Å². The molecule has 19 heavy (non-hydrogen) atoms. The third-order valence-electron chi connectivity index (χ3n) is 4.51. The molecule has 0 spiro atoms. The van der Waals surface area contributed by atoms with E-state index in [9.17, 15) is 0 Å². The van der Waals surface area contributed by atoms with Gasteiger partial charge in [0.05, 0.1) is 6.20 Å². The van der Waals surface area contributed by atoms with E-state index in [1.165, 1.54) is 24.9 Å². The van der Waals surface area contributed by atoms with Crippen molar-refractivity contribution in [2.24, 2.45) is 12.8 Å². The van der Waals surface area contributed by atoms with Crippen LogP contribution < -0.4 is 5.73 Å². The largest absolute Gasteiger partial charge is 0.329 e. The van der Waals surface area contributed by atoms with Crippen LogP contribution in [0.5, 0.6) is 0 Å². The van der Waals surface area contributed by atoms with Crippen molar-refractivity contribution in [3.8, 4) is 0 Å². The topological polar surface area (TPSA) is 50.3 Å². The Morgan fingerprint density at radius 3 is 2.79 bits per heavy atom. The summed E-state index contributed by atoms with van der Waals surface area (Å²) in [5.41, 5.74) is 7.53. The molecule has 5 nitrogen and oxygen atoms in total. The number of rotatable bonds is 4. The second-order valence-corrected chi connectivity index (χ2v) is 5.96. The molecule has 0 radical (unpaired) electrons. The van der Waals surface area contributed by atoms with Crippen LogP contribution in [-0.2, 0) is 13.6 Å². The molecule has 0 bridgehead atoms. The summed E-state index contributed by atoms with van der Waals surface area (Å²) in [7, 11) is 6.36. The van der Waals surface area contributed by atoms with Crippen LogP contribution in [0.2, 0.25) is 0 Å². The van der Waals surface area contributed by atoms with Crippen molar-refractivity contribution in [3.63, 3.8) is 0 Å². The molecule has 2 rings (SSSR count). The van der Waals surface area contributed by atoms with Gasteiger partial charge in [0.15, 0.2) is 0 Å². The Kier molecular flexibility index (Phi) is 4.60. The SMILES string of the molecule is CN1CCCC(CN)(N(C)Cc2cnn(C)c2)CC1. The van der Waals surface area contributed by atoms with E-state index >= 15 is 0 Å². The molecule has 0 aromatic carbocycles. The highest BCUT2D eigenvalue weighted by Crippen LogP contribution is 2.28. The Hall–Kier alpha value is -0.910. The Morgan fingerprint density at radius 2 is 2.16 bits per heavy atom. The first-order valence-corrected chi connectivity index (χ1v) is 7.13. The number of hydrogen-bond donors (Lipinski definition) is 1. The second-order valence-electron chi connectivity index (χ2n) is 5.96. The van der Waals surface area contributed by atoms with E-state index in [1.54, 1.807) is 0 Å². The van der Waals surface area contributed by atoms with Crippen LogP contribution in [0.15, 0.2) is 12.4 Å². The summed E-state index contributed by atoms with van der Waals surface area (Å²) in [4.78, 5) is 4.85. The predicted octanol–water partition coefficient (Wildman–Crippen LogP) is 0.665. The number of aromatic nitrogens is 2. The maximum absolute atomic E-state index is 6.13. The molecule has 1 aromatic heterocycles. The zero-order valence-corrected chi connectivity index (χ0v) is 12.5. The third kappa shape index (κ3) is 3.35.